The molecule has 1 aliphatic carbocycles. The van der Waals surface area contributed by atoms with Crippen LogP contribution in [0.2, 0.25) is 0 Å². The first kappa shape index (κ1) is 20.3. The minimum Gasteiger partial charge on any atom is -0.352 e. The van der Waals surface area contributed by atoms with E-state index < -0.39 is 0 Å². The highest BCUT2D eigenvalue weighted by molar-refractivity contribution is 7.11. The molecule has 1 fully saturated rings. The number of anilines is 1. The van der Waals surface area contributed by atoms with Crippen LogP contribution in [0.1, 0.15) is 47.6 Å². The van der Waals surface area contributed by atoms with Gasteiger partial charge in [0.1, 0.15) is 5.01 Å². The van der Waals surface area contributed by atoms with E-state index in [1.165, 1.54) is 11.3 Å². The molecule has 1 aliphatic rings. The van der Waals surface area contributed by atoms with Crippen LogP contribution >= 0.6 is 11.3 Å². The van der Waals surface area contributed by atoms with Gasteiger partial charge in [-0.3, -0.25) is 9.79 Å². The van der Waals surface area contributed by atoms with E-state index in [1.54, 1.807) is 18.4 Å². The number of nitrogens with zero attached hydrogens (tertiary/aromatic N) is 2. The second-order valence-corrected chi connectivity index (χ2v) is 8.49. The Labute approximate surface area is 170 Å². The van der Waals surface area contributed by atoms with E-state index in [2.05, 4.69) is 25.9 Å². The van der Waals surface area contributed by atoms with Gasteiger partial charge in [-0.2, -0.15) is 0 Å². The minimum atomic E-state index is 0.154. The highest BCUT2D eigenvalue weighted by atomic mass is 32.1. The molecule has 6 nitrogen and oxygen atoms in total. The lowest BCUT2D eigenvalue weighted by Crippen LogP contribution is -2.36. The zero-order valence-electron chi connectivity index (χ0n) is 16.6. The van der Waals surface area contributed by atoms with Crippen molar-refractivity contribution >= 4 is 28.9 Å². The number of aryl methyl sites for hydroxylation is 1. The molecule has 2 aromatic rings. The molecule has 0 saturated heterocycles. The van der Waals surface area contributed by atoms with E-state index in [1.807, 2.05) is 37.4 Å². The molecular formula is C21H29N5OS. The lowest BCUT2D eigenvalue weighted by Gasteiger charge is -2.21. The van der Waals surface area contributed by atoms with Crippen molar-refractivity contribution in [2.24, 2.45) is 10.9 Å². The number of thiazole rings is 1. The van der Waals surface area contributed by atoms with Crippen LogP contribution in [0.15, 0.2) is 35.5 Å². The number of benzene rings is 1. The second kappa shape index (κ2) is 10.2. The van der Waals surface area contributed by atoms with E-state index in [0.717, 1.165) is 47.9 Å². The quantitative estimate of drug-likeness (QED) is 0.509. The van der Waals surface area contributed by atoms with Crippen LogP contribution in [0.25, 0.3) is 0 Å². The molecule has 3 rings (SSSR count). The molecule has 1 aromatic carbocycles. The molecule has 1 aromatic heterocycles. The molecule has 3 N–H and O–H groups in total. The van der Waals surface area contributed by atoms with Gasteiger partial charge in [-0.15, -0.1) is 11.3 Å². The van der Waals surface area contributed by atoms with Crippen LogP contribution in [-0.4, -0.2) is 23.9 Å². The number of rotatable bonds is 6. The summed E-state index contributed by atoms with van der Waals surface area (Å²) in [6.07, 6.45) is 7.47. The summed E-state index contributed by atoms with van der Waals surface area (Å²) in [5.74, 6) is 1.04. The number of hydrogen-bond acceptors (Lipinski definition) is 4. The van der Waals surface area contributed by atoms with Crippen LogP contribution in [0.5, 0.6) is 0 Å². The molecule has 28 heavy (non-hydrogen) atoms. The molecule has 0 unspecified atom stereocenters. The van der Waals surface area contributed by atoms with Gasteiger partial charge in [-0.05, 0) is 37.5 Å². The van der Waals surface area contributed by atoms with Gasteiger partial charge >= 0.3 is 0 Å². The van der Waals surface area contributed by atoms with Gasteiger partial charge < -0.3 is 16.0 Å². The van der Waals surface area contributed by atoms with Gasteiger partial charge in [0.15, 0.2) is 5.96 Å². The third kappa shape index (κ3) is 6.05. The summed E-state index contributed by atoms with van der Waals surface area (Å²) < 4.78 is 0. The van der Waals surface area contributed by atoms with E-state index in [-0.39, 0.29) is 11.8 Å². The van der Waals surface area contributed by atoms with E-state index >= 15 is 0 Å². The molecule has 0 radical (unpaired) electrons. The van der Waals surface area contributed by atoms with Crippen LogP contribution in [0.3, 0.4) is 0 Å². The van der Waals surface area contributed by atoms with Crippen molar-refractivity contribution in [1.82, 2.24) is 15.6 Å². The molecule has 1 heterocycles. The largest absolute Gasteiger partial charge is 0.352 e. The van der Waals surface area contributed by atoms with Gasteiger partial charge in [-0.25, -0.2) is 4.98 Å². The molecule has 0 atom stereocenters. The number of amides is 1. The second-order valence-electron chi connectivity index (χ2n) is 7.17. The fraction of sp³-hybridized carbons (Fsp3) is 0.476. The van der Waals surface area contributed by atoms with Crippen LogP contribution in [0.4, 0.5) is 5.69 Å². The summed E-state index contributed by atoms with van der Waals surface area (Å²) in [6.45, 7) is 3.33. The maximum atomic E-state index is 12.5. The van der Waals surface area contributed by atoms with Crippen LogP contribution in [-0.2, 0) is 17.9 Å². The summed E-state index contributed by atoms with van der Waals surface area (Å²) in [4.78, 5) is 22.3. The average Bonchev–Trinajstić information content (AvgIpc) is 3.14. The first-order valence-electron chi connectivity index (χ1n) is 9.89. The normalized spacial score (nSPS) is 15.3. The lowest BCUT2D eigenvalue weighted by molar-refractivity contribution is -0.120. The fourth-order valence-corrected chi connectivity index (χ4v) is 4.14. The Morgan fingerprint density at radius 3 is 2.71 bits per heavy atom. The lowest BCUT2D eigenvalue weighted by atomic mass is 9.88. The number of aliphatic imine (C=N–C) groups is 1. The molecular weight excluding hydrogens is 370 g/mol. The number of carbonyl (C=O) groups is 1. The van der Waals surface area contributed by atoms with Crippen molar-refractivity contribution in [3.63, 3.8) is 0 Å². The predicted molar refractivity (Wildman–Crippen MR) is 116 cm³/mol. The molecule has 0 aliphatic heterocycles. The molecule has 7 heteroatoms. The Kier molecular flexibility index (Phi) is 7.42. The van der Waals surface area contributed by atoms with Crippen molar-refractivity contribution in [3.05, 3.63) is 45.9 Å². The van der Waals surface area contributed by atoms with Crippen LogP contribution < -0.4 is 16.0 Å². The minimum absolute atomic E-state index is 0.154. The van der Waals surface area contributed by atoms with E-state index in [4.69, 9.17) is 0 Å². The summed E-state index contributed by atoms with van der Waals surface area (Å²) in [6, 6.07) is 7.98. The number of guanidine groups is 1. The fourth-order valence-electron chi connectivity index (χ4n) is 3.42. The number of aromatic nitrogens is 1. The Morgan fingerprint density at radius 1 is 1.21 bits per heavy atom. The first-order chi connectivity index (χ1) is 13.6. The number of carbonyl (C=O) groups excluding carboxylic acids is 1. The first-order valence-corrected chi connectivity index (χ1v) is 10.7. The van der Waals surface area contributed by atoms with E-state index in [0.29, 0.717) is 13.1 Å². The van der Waals surface area contributed by atoms with Gasteiger partial charge in [0, 0.05) is 36.3 Å². The van der Waals surface area contributed by atoms with Gasteiger partial charge in [0.05, 0.1) is 6.54 Å². The topological polar surface area (TPSA) is 78.4 Å². The van der Waals surface area contributed by atoms with Crippen molar-refractivity contribution in [2.45, 2.75) is 52.1 Å². The Morgan fingerprint density at radius 2 is 2.00 bits per heavy atom. The monoisotopic (exact) mass is 399 g/mol. The molecule has 0 spiro atoms. The highest BCUT2D eigenvalue weighted by Crippen LogP contribution is 2.25. The molecule has 150 valence electrons. The SMILES string of the molecule is CN=C(NCc1cccc(NC(=O)C2CCCCC2)c1)NCc1ncc(C)s1. The smallest absolute Gasteiger partial charge is 0.227 e. The summed E-state index contributed by atoms with van der Waals surface area (Å²) in [7, 11) is 1.75. The van der Waals surface area contributed by atoms with Crippen molar-refractivity contribution in [1.29, 1.82) is 0 Å². The van der Waals surface area contributed by atoms with E-state index in [9.17, 15) is 4.79 Å². The van der Waals surface area contributed by atoms with Crippen molar-refractivity contribution < 1.29 is 4.79 Å². The Balaban J connectivity index is 1.49. The van der Waals surface area contributed by atoms with Gasteiger partial charge in [-0.1, -0.05) is 31.4 Å². The maximum Gasteiger partial charge on any atom is 0.227 e. The van der Waals surface area contributed by atoms with Crippen molar-refractivity contribution in [3.8, 4) is 0 Å². The Bertz CT molecular complexity index is 811. The summed E-state index contributed by atoms with van der Waals surface area (Å²) >= 11 is 1.68. The van der Waals surface area contributed by atoms with Crippen LogP contribution in [0, 0.1) is 12.8 Å². The maximum absolute atomic E-state index is 12.5. The van der Waals surface area contributed by atoms with Gasteiger partial charge in [0.2, 0.25) is 5.91 Å². The summed E-state index contributed by atoms with van der Waals surface area (Å²) in [5.41, 5.74) is 1.95. The van der Waals surface area contributed by atoms with Crippen molar-refractivity contribution in [2.75, 3.05) is 12.4 Å². The zero-order chi connectivity index (χ0) is 19.8. The number of nitrogens with one attached hydrogen (secondary N) is 3. The number of hydrogen-bond donors (Lipinski definition) is 3. The third-order valence-electron chi connectivity index (χ3n) is 4.93. The average molecular weight is 400 g/mol. The summed E-state index contributed by atoms with van der Waals surface area (Å²) in [5, 5.41) is 10.7. The third-order valence-corrected chi connectivity index (χ3v) is 5.84. The van der Waals surface area contributed by atoms with Gasteiger partial charge in [0.25, 0.3) is 0 Å². The zero-order valence-corrected chi connectivity index (χ0v) is 17.4. The standard InChI is InChI=1S/C21H29N5OS/c1-15-12-23-19(28-15)14-25-21(22-2)24-13-16-7-6-10-18(11-16)26-20(27)17-8-4-3-5-9-17/h6-7,10-12,17H,3-5,8-9,13-14H2,1-2H3,(H,26,27)(H2,22,24,25). The molecule has 1 amide bonds. The Hall–Kier alpha value is -2.41. The molecule has 0 bridgehead atoms. The highest BCUT2D eigenvalue weighted by Gasteiger charge is 2.21. The predicted octanol–water partition coefficient (Wildman–Crippen LogP) is 3.84. The molecule has 1 saturated carbocycles.